The van der Waals surface area contributed by atoms with Gasteiger partial charge in [0.2, 0.25) is 5.91 Å². The van der Waals surface area contributed by atoms with Crippen molar-refractivity contribution in [1.82, 2.24) is 4.90 Å². The lowest BCUT2D eigenvalue weighted by Gasteiger charge is -2.24. The maximum absolute atomic E-state index is 12.9. The molecule has 5 heteroatoms. The number of imide groups is 1. The molecule has 0 radical (unpaired) electrons. The Morgan fingerprint density at radius 2 is 2.08 bits per heavy atom. The third kappa shape index (κ3) is 4.84. The van der Waals surface area contributed by atoms with Crippen molar-refractivity contribution in [1.29, 1.82) is 0 Å². The van der Waals surface area contributed by atoms with E-state index in [0.29, 0.717) is 25.1 Å². The van der Waals surface area contributed by atoms with Crippen molar-refractivity contribution in [3.63, 3.8) is 0 Å². The molecular weight excluding hydrogens is 326 g/mol. The lowest BCUT2D eigenvalue weighted by molar-refractivity contribution is -0.133. The van der Waals surface area contributed by atoms with Crippen molar-refractivity contribution < 1.29 is 14.3 Å². The van der Waals surface area contributed by atoms with Gasteiger partial charge in [-0.05, 0) is 38.2 Å². The number of alkyl halides is 1. The number of rotatable bonds is 8. The molecule has 0 N–H and O–H groups in total. The Kier molecular flexibility index (Phi) is 6.85. The van der Waals surface area contributed by atoms with Crippen LogP contribution < -0.4 is 0 Å². The molecule has 2 atom stereocenters. The minimum Gasteiger partial charge on any atom is -0.447 e. The predicted octanol–water partition coefficient (Wildman–Crippen LogP) is 4.18. The average molecular weight is 350 g/mol. The number of allylic oxidation sites excluding steroid dienone is 1. The lowest BCUT2D eigenvalue weighted by Crippen LogP contribution is -2.43. The van der Waals surface area contributed by atoms with Gasteiger partial charge in [0.15, 0.2) is 0 Å². The van der Waals surface area contributed by atoms with E-state index in [4.69, 9.17) is 16.3 Å². The highest BCUT2D eigenvalue weighted by Crippen LogP contribution is 2.24. The van der Waals surface area contributed by atoms with Crippen LogP contribution in [-0.4, -0.2) is 35.4 Å². The van der Waals surface area contributed by atoms with Gasteiger partial charge in [-0.2, -0.15) is 0 Å². The van der Waals surface area contributed by atoms with Crippen LogP contribution in [-0.2, 0) is 16.0 Å². The van der Waals surface area contributed by atoms with E-state index in [0.717, 1.165) is 17.6 Å². The molecule has 130 valence electrons. The number of carbonyl (C=O) groups is 2. The minimum atomic E-state index is -0.546. The van der Waals surface area contributed by atoms with Gasteiger partial charge in [-0.3, -0.25) is 4.79 Å². The Balaban J connectivity index is 2.10. The molecule has 0 aliphatic carbocycles. The van der Waals surface area contributed by atoms with Gasteiger partial charge in [-0.25, -0.2) is 9.69 Å². The number of hydrogen-bond acceptors (Lipinski definition) is 3. The second-order valence-electron chi connectivity index (χ2n) is 6.30. The molecule has 0 bridgehead atoms. The van der Waals surface area contributed by atoms with E-state index >= 15 is 0 Å². The number of hydrogen-bond donors (Lipinski definition) is 0. The first kappa shape index (κ1) is 18.5. The van der Waals surface area contributed by atoms with Gasteiger partial charge in [-0.1, -0.05) is 35.9 Å². The summed E-state index contributed by atoms with van der Waals surface area (Å²) < 4.78 is 5.14. The first-order valence-electron chi connectivity index (χ1n) is 8.27. The zero-order valence-corrected chi connectivity index (χ0v) is 14.8. The number of carbonyl (C=O) groups excluding carboxylic acids is 2. The molecule has 0 spiro atoms. The molecule has 0 aromatic heterocycles. The molecule has 1 saturated heterocycles. The summed E-state index contributed by atoms with van der Waals surface area (Å²) >= 11 is 5.86. The van der Waals surface area contributed by atoms with Crippen LogP contribution in [0.4, 0.5) is 4.79 Å². The molecule has 2 rings (SSSR count). The van der Waals surface area contributed by atoms with Crippen molar-refractivity contribution in [2.45, 2.75) is 38.6 Å². The SMILES string of the molecule is C=C(C)CCC(CCCl)C(=O)N1C(=O)OCC1Cc1ccccc1. The fourth-order valence-corrected chi connectivity index (χ4v) is 3.17. The molecule has 24 heavy (non-hydrogen) atoms. The van der Waals surface area contributed by atoms with E-state index in [1.807, 2.05) is 37.3 Å². The summed E-state index contributed by atoms with van der Waals surface area (Å²) in [6, 6.07) is 9.56. The van der Waals surface area contributed by atoms with Crippen molar-refractivity contribution in [2.75, 3.05) is 12.5 Å². The normalized spacial score (nSPS) is 18.3. The van der Waals surface area contributed by atoms with Crippen molar-refractivity contribution >= 4 is 23.6 Å². The third-order valence-electron chi connectivity index (χ3n) is 4.24. The number of benzene rings is 1. The summed E-state index contributed by atoms with van der Waals surface area (Å²) in [4.78, 5) is 26.3. The molecule has 1 aromatic carbocycles. The summed E-state index contributed by atoms with van der Waals surface area (Å²) in [5, 5.41) is 0. The van der Waals surface area contributed by atoms with Gasteiger partial charge < -0.3 is 4.74 Å². The summed E-state index contributed by atoms with van der Waals surface area (Å²) in [5.74, 6) is -0.0674. The van der Waals surface area contributed by atoms with E-state index in [1.54, 1.807) is 0 Å². The standard InChI is InChI=1S/C19H24ClNO3/c1-14(2)8-9-16(10-11-20)18(22)21-17(13-24-19(21)23)12-15-6-4-3-5-7-15/h3-7,16-17H,1,8-13H2,2H3. The Bertz CT molecular complexity index is 588. The molecule has 2 unspecified atom stereocenters. The van der Waals surface area contributed by atoms with Crippen LogP contribution in [0.1, 0.15) is 31.7 Å². The summed E-state index contributed by atoms with van der Waals surface area (Å²) in [7, 11) is 0. The van der Waals surface area contributed by atoms with Crippen LogP contribution in [0.15, 0.2) is 42.5 Å². The van der Waals surface area contributed by atoms with Crippen molar-refractivity contribution in [2.24, 2.45) is 5.92 Å². The van der Waals surface area contributed by atoms with Gasteiger partial charge >= 0.3 is 6.09 Å². The van der Waals surface area contributed by atoms with Crippen LogP contribution in [0.5, 0.6) is 0 Å². The first-order chi connectivity index (χ1) is 11.5. The average Bonchev–Trinajstić information content (AvgIpc) is 2.92. The third-order valence-corrected chi connectivity index (χ3v) is 4.46. The second-order valence-corrected chi connectivity index (χ2v) is 6.68. The molecule has 1 aliphatic rings. The largest absolute Gasteiger partial charge is 0.447 e. The Morgan fingerprint density at radius 1 is 1.38 bits per heavy atom. The molecule has 1 heterocycles. The van der Waals surface area contributed by atoms with Gasteiger partial charge in [-0.15, -0.1) is 18.2 Å². The fourth-order valence-electron chi connectivity index (χ4n) is 2.91. The fraction of sp³-hybridized carbons (Fsp3) is 0.474. The van der Waals surface area contributed by atoms with Crippen molar-refractivity contribution in [3.8, 4) is 0 Å². The number of halogens is 1. The van der Waals surface area contributed by atoms with Gasteiger partial charge in [0.1, 0.15) is 6.61 Å². The molecule has 1 aromatic rings. The minimum absolute atomic E-state index is 0.180. The Hall–Kier alpha value is -1.81. The monoisotopic (exact) mass is 349 g/mol. The van der Waals surface area contributed by atoms with Gasteiger partial charge in [0.25, 0.3) is 0 Å². The maximum Gasteiger partial charge on any atom is 0.416 e. The molecule has 0 saturated carbocycles. The topological polar surface area (TPSA) is 46.6 Å². The van der Waals surface area contributed by atoms with E-state index in [-0.39, 0.29) is 24.5 Å². The van der Waals surface area contributed by atoms with Gasteiger partial charge in [0, 0.05) is 11.8 Å². The maximum atomic E-state index is 12.9. The molecule has 1 aliphatic heterocycles. The smallest absolute Gasteiger partial charge is 0.416 e. The lowest BCUT2D eigenvalue weighted by atomic mass is 9.95. The summed E-state index contributed by atoms with van der Waals surface area (Å²) in [5.41, 5.74) is 2.10. The molecular formula is C19H24ClNO3. The Labute approximate surface area is 148 Å². The quantitative estimate of drug-likeness (QED) is 0.522. The van der Waals surface area contributed by atoms with Crippen LogP contribution in [0.25, 0.3) is 0 Å². The molecule has 1 fully saturated rings. The zero-order valence-electron chi connectivity index (χ0n) is 14.0. The number of cyclic esters (lactones) is 1. The van der Waals surface area contributed by atoms with E-state index in [9.17, 15) is 9.59 Å². The summed E-state index contributed by atoms with van der Waals surface area (Å²) in [6.07, 6.45) is 2.01. The zero-order chi connectivity index (χ0) is 17.5. The highest BCUT2D eigenvalue weighted by Gasteiger charge is 2.40. The highest BCUT2D eigenvalue weighted by atomic mass is 35.5. The number of amides is 2. The number of nitrogens with zero attached hydrogens (tertiary/aromatic N) is 1. The van der Waals surface area contributed by atoms with Crippen molar-refractivity contribution in [3.05, 3.63) is 48.0 Å². The van der Waals surface area contributed by atoms with Crippen LogP contribution >= 0.6 is 11.6 Å². The Morgan fingerprint density at radius 3 is 2.71 bits per heavy atom. The molecule has 4 nitrogen and oxygen atoms in total. The van der Waals surface area contributed by atoms with Crippen LogP contribution in [0.3, 0.4) is 0 Å². The molecule has 2 amide bonds. The van der Waals surface area contributed by atoms with E-state index in [1.165, 1.54) is 4.90 Å². The summed E-state index contributed by atoms with van der Waals surface area (Å²) in [6.45, 7) is 6.06. The van der Waals surface area contributed by atoms with Crippen LogP contribution in [0.2, 0.25) is 0 Å². The first-order valence-corrected chi connectivity index (χ1v) is 8.80. The van der Waals surface area contributed by atoms with Crippen LogP contribution in [0, 0.1) is 5.92 Å². The highest BCUT2D eigenvalue weighted by molar-refractivity contribution is 6.18. The number of ether oxygens (including phenoxy) is 1. The predicted molar refractivity (Wildman–Crippen MR) is 95.0 cm³/mol. The second kappa shape index (κ2) is 8.88. The van der Waals surface area contributed by atoms with Gasteiger partial charge in [0.05, 0.1) is 6.04 Å². The van der Waals surface area contributed by atoms with E-state index in [2.05, 4.69) is 6.58 Å². The van der Waals surface area contributed by atoms with E-state index < -0.39 is 6.09 Å².